The molecule has 1 heterocycles. The molecule has 1 N–H and O–H groups in total. The van der Waals surface area contributed by atoms with Gasteiger partial charge in [0.1, 0.15) is 17.3 Å². The Kier molecular flexibility index (Phi) is 3.92. The van der Waals surface area contributed by atoms with Crippen molar-refractivity contribution < 1.29 is 18.4 Å². The maximum atomic E-state index is 13.4. The lowest BCUT2D eigenvalue weighted by Gasteiger charge is -2.04. The van der Waals surface area contributed by atoms with Crippen LogP contribution >= 0.6 is 11.6 Å². The summed E-state index contributed by atoms with van der Waals surface area (Å²) in [6, 6.07) is 9.51. The summed E-state index contributed by atoms with van der Waals surface area (Å²) in [4.78, 5) is 0. The van der Waals surface area contributed by atoms with Crippen LogP contribution in [-0.2, 0) is 6.61 Å². The van der Waals surface area contributed by atoms with E-state index in [1.165, 1.54) is 36.4 Å². The predicted molar refractivity (Wildman–Crippen MR) is 78.2 cm³/mol. The monoisotopic (exact) mass is 321 g/mol. The molecule has 3 rings (SSSR count). The fourth-order valence-electron chi connectivity index (χ4n) is 2.20. The maximum absolute atomic E-state index is 13.4. The second kappa shape index (κ2) is 5.87. The number of nitrogens with zero attached hydrogens (tertiary/aromatic N) is 1. The van der Waals surface area contributed by atoms with Crippen molar-refractivity contribution >= 4 is 11.6 Å². The van der Waals surface area contributed by atoms with Crippen molar-refractivity contribution in [2.75, 3.05) is 0 Å². The Morgan fingerprint density at radius 2 is 1.86 bits per heavy atom. The average Bonchev–Trinajstić information content (AvgIpc) is 2.93. The summed E-state index contributed by atoms with van der Waals surface area (Å²) in [5.41, 5.74) is 1.27. The second-order valence-corrected chi connectivity index (χ2v) is 5.04. The molecule has 0 amide bonds. The van der Waals surface area contributed by atoms with Gasteiger partial charge in [-0.05, 0) is 30.3 Å². The van der Waals surface area contributed by atoms with Gasteiger partial charge < -0.3 is 9.63 Å². The van der Waals surface area contributed by atoms with Crippen LogP contribution in [-0.4, -0.2) is 10.3 Å². The third-order valence-electron chi connectivity index (χ3n) is 3.22. The van der Waals surface area contributed by atoms with Crippen LogP contribution in [0.15, 0.2) is 47.0 Å². The van der Waals surface area contributed by atoms with Gasteiger partial charge in [0.15, 0.2) is 5.76 Å². The van der Waals surface area contributed by atoms with Gasteiger partial charge >= 0.3 is 0 Å². The summed E-state index contributed by atoms with van der Waals surface area (Å²) in [6.07, 6.45) is 0. The predicted octanol–water partition coefficient (Wildman–Crippen LogP) is 4.43. The highest BCUT2D eigenvalue weighted by atomic mass is 35.5. The minimum Gasteiger partial charge on any atom is -0.391 e. The van der Waals surface area contributed by atoms with Crippen LogP contribution in [0.4, 0.5) is 8.78 Å². The highest BCUT2D eigenvalue weighted by molar-refractivity contribution is 6.33. The van der Waals surface area contributed by atoms with E-state index in [2.05, 4.69) is 5.16 Å². The van der Waals surface area contributed by atoms with E-state index in [-0.39, 0.29) is 16.5 Å². The standard InChI is InChI=1S/C16H10ClF2NO2/c17-14-5-4-11(19)7-12(14)15-13(8-21)16(22-20-15)9-2-1-3-10(18)6-9/h1-7,21H,8H2. The Labute approximate surface area is 129 Å². The molecule has 0 saturated heterocycles. The van der Waals surface area contributed by atoms with Gasteiger partial charge in [-0.3, -0.25) is 0 Å². The highest BCUT2D eigenvalue weighted by Crippen LogP contribution is 2.36. The molecule has 112 valence electrons. The molecule has 6 heteroatoms. The van der Waals surface area contributed by atoms with Crippen molar-refractivity contribution in [3.63, 3.8) is 0 Å². The van der Waals surface area contributed by atoms with E-state index in [0.29, 0.717) is 16.7 Å². The summed E-state index contributed by atoms with van der Waals surface area (Å²) < 4.78 is 32.0. The summed E-state index contributed by atoms with van der Waals surface area (Å²) >= 11 is 6.05. The van der Waals surface area contributed by atoms with Gasteiger partial charge in [-0.2, -0.15) is 0 Å². The first kappa shape index (κ1) is 14.7. The zero-order chi connectivity index (χ0) is 15.7. The molecule has 2 aromatic carbocycles. The smallest absolute Gasteiger partial charge is 0.173 e. The number of aromatic nitrogens is 1. The molecule has 0 fully saturated rings. The molecule has 3 aromatic rings. The quantitative estimate of drug-likeness (QED) is 0.776. The molecule has 0 bridgehead atoms. The van der Waals surface area contributed by atoms with Crippen molar-refractivity contribution in [3.05, 3.63) is 64.7 Å². The summed E-state index contributed by atoms with van der Waals surface area (Å²) in [5, 5.41) is 13.7. The van der Waals surface area contributed by atoms with Crippen molar-refractivity contribution in [3.8, 4) is 22.6 Å². The van der Waals surface area contributed by atoms with Gasteiger partial charge in [-0.15, -0.1) is 0 Å². The maximum Gasteiger partial charge on any atom is 0.173 e. The van der Waals surface area contributed by atoms with Crippen molar-refractivity contribution in [1.82, 2.24) is 5.16 Å². The van der Waals surface area contributed by atoms with Crippen LogP contribution in [0.5, 0.6) is 0 Å². The number of benzene rings is 2. The molecule has 22 heavy (non-hydrogen) atoms. The van der Waals surface area contributed by atoms with E-state index in [1.54, 1.807) is 6.07 Å². The average molecular weight is 322 g/mol. The lowest BCUT2D eigenvalue weighted by molar-refractivity contribution is 0.281. The largest absolute Gasteiger partial charge is 0.391 e. The SMILES string of the molecule is OCc1c(-c2cc(F)ccc2Cl)noc1-c1cccc(F)c1. The lowest BCUT2D eigenvalue weighted by Crippen LogP contribution is -1.91. The first-order valence-electron chi connectivity index (χ1n) is 6.41. The van der Waals surface area contributed by atoms with E-state index in [4.69, 9.17) is 16.1 Å². The van der Waals surface area contributed by atoms with E-state index < -0.39 is 18.2 Å². The number of halogens is 3. The summed E-state index contributed by atoms with van der Waals surface area (Å²) in [7, 11) is 0. The molecular weight excluding hydrogens is 312 g/mol. The molecule has 0 spiro atoms. The summed E-state index contributed by atoms with van der Waals surface area (Å²) in [6.45, 7) is -0.405. The van der Waals surface area contributed by atoms with E-state index in [1.807, 2.05) is 0 Å². The number of aliphatic hydroxyl groups is 1. The van der Waals surface area contributed by atoms with E-state index >= 15 is 0 Å². The van der Waals surface area contributed by atoms with Crippen molar-refractivity contribution in [2.45, 2.75) is 6.61 Å². The zero-order valence-corrected chi connectivity index (χ0v) is 11.9. The summed E-state index contributed by atoms with van der Waals surface area (Å²) in [5.74, 6) is -0.709. The minimum absolute atomic E-state index is 0.220. The molecule has 3 nitrogen and oxygen atoms in total. The molecule has 0 aliphatic carbocycles. The van der Waals surface area contributed by atoms with Crippen LogP contribution in [0.25, 0.3) is 22.6 Å². The van der Waals surface area contributed by atoms with Crippen LogP contribution in [0.1, 0.15) is 5.56 Å². The van der Waals surface area contributed by atoms with Crippen LogP contribution < -0.4 is 0 Å². The van der Waals surface area contributed by atoms with Gasteiger partial charge in [0.05, 0.1) is 17.2 Å². The lowest BCUT2D eigenvalue weighted by atomic mass is 10.0. The highest BCUT2D eigenvalue weighted by Gasteiger charge is 2.20. The molecule has 0 aliphatic heterocycles. The van der Waals surface area contributed by atoms with Crippen molar-refractivity contribution in [2.24, 2.45) is 0 Å². The molecular formula is C16H10ClF2NO2. The fraction of sp³-hybridized carbons (Fsp3) is 0.0625. The Morgan fingerprint density at radius 3 is 2.59 bits per heavy atom. The van der Waals surface area contributed by atoms with E-state index in [0.717, 1.165) is 0 Å². The Morgan fingerprint density at radius 1 is 1.09 bits per heavy atom. The first-order valence-corrected chi connectivity index (χ1v) is 6.78. The molecule has 0 saturated carbocycles. The van der Waals surface area contributed by atoms with Gasteiger partial charge in [0, 0.05) is 11.1 Å². The van der Waals surface area contributed by atoms with Crippen LogP contribution in [0.3, 0.4) is 0 Å². The molecule has 0 unspecified atom stereocenters. The molecule has 0 aliphatic rings. The van der Waals surface area contributed by atoms with Gasteiger partial charge in [-0.25, -0.2) is 8.78 Å². The fourth-order valence-corrected chi connectivity index (χ4v) is 2.41. The molecule has 0 atom stereocenters. The Bertz CT molecular complexity index is 833. The zero-order valence-electron chi connectivity index (χ0n) is 11.2. The topological polar surface area (TPSA) is 46.3 Å². The Balaban J connectivity index is 2.17. The van der Waals surface area contributed by atoms with Crippen LogP contribution in [0.2, 0.25) is 5.02 Å². The molecule has 1 aromatic heterocycles. The van der Waals surface area contributed by atoms with Crippen molar-refractivity contribution in [1.29, 1.82) is 0 Å². The number of hydrogen-bond donors (Lipinski definition) is 1. The van der Waals surface area contributed by atoms with Crippen LogP contribution in [0, 0.1) is 11.6 Å². The minimum atomic E-state index is -0.487. The third kappa shape index (κ3) is 2.61. The van der Waals surface area contributed by atoms with E-state index in [9.17, 15) is 13.9 Å². The van der Waals surface area contributed by atoms with Gasteiger partial charge in [0.2, 0.25) is 0 Å². The number of rotatable bonds is 3. The Hall–Kier alpha value is -2.24. The second-order valence-electron chi connectivity index (χ2n) is 4.63. The first-order chi connectivity index (χ1) is 10.6. The van der Waals surface area contributed by atoms with Gasteiger partial charge in [0.25, 0.3) is 0 Å². The number of hydrogen-bond acceptors (Lipinski definition) is 3. The number of aliphatic hydroxyl groups excluding tert-OH is 1. The third-order valence-corrected chi connectivity index (χ3v) is 3.55. The normalized spacial score (nSPS) is 10.9. The van der Waals surface area contributed by atoms with Gasteiger partial charge in [-0.1, -0.05) is 28.9 Å². The molecule has 0 radical (unpaired) electrons.